The highest BCUT2D eigenvalue weighted by atomic mass is 19.1. The van der Waals surface area contributed by atoms with E-state index >= 15 is 0 Å². The maximum Gasteiger partial charge on any atom is 0.331 e. The number of benzene rings is 1. The number of halogens is 1. The fourth-order valence-electron chi connectivity index (χ4n) is 1.97. The summed E-state index contributed by atoms with van der Waals surface area (Å²) in [4.78, 5) is 23.4. The van der Waals surface area contributed by atoms with Gasteiger partial charge in [-0.2, -0.15) is 5.10 Å². The summed E-state index contributed by atoms with van der Waals surface area (Å²) in [7, 11) is 1.33. The highest BCUT2D eigenvalue weighted by Gasteiger charge is 2.35. The van der Waals surface area contributed by atoms with E-state index in [2.05, 4.69) is 10.4 Å². The number of aliphatic carboxylic acids is 1. The van der Waals surface area contributed by atoms with E-state index in [1.165, 1.54) is 43.1 Å². The number of nitrogens with one attached hydrogen (secondary N) is 1. The van der Waals surface area contributed by atoms with Crippen LogP contribution in [-0.4, -0.2) is 46.0 Å². The molecule has 0 aliphatic carbocycles. The molecule has 1 aromatic carbocycles. The molecule has 23 heavy (non-hydrogen) atoms. The first-order chi connectivity index (χ1) is 10.9. The Morgan fingerprint density at radius 1 is 1.39 bits per heavy atom. The van der Waals surface area contributed by atoms with Crippen LogP contribution in [0.5, 0.6) is 0 Å². The molecule has 1 amide bonds. The number of carbonyl (C=O) groups excluding carboxylic acids is 1. The van der Waals surface area contributed by atoms with E-state index in [9.17, 15) is 19.1 Å². The van der Waals surface area contributed by atoms with Crippen LogP contribution in [0.2, 0.25) is 0 Å². The summed E-state index contributed by atoms with van der Waals surface area (Å²) < 4.78 is 19.7. The SMILES string of the molecule is COCC(C)(NC(=O)c1ccn(-c2ccccc2F)n1)C(=O)O. The number of nitrogens with zero attached hydrogens (tertiary/aromatic N) is 2. The van der Waals surface area contributed by atoms with Crippen molar-refractivity contribution in [2.24, 2.45) is 0 Å². The molecule has 2 N–H and O–H groups in total. The number of rotatable bonds is 6. The Morgan fingerprint density at radius 2 is 2.09 bits per heavy atom. The molecule has 0 aliphatic rings. The largest absolute Gasteiger partial charge is 0.479 e. The van der Waals surface area contributed by atoms with E-state index in [0.717, 1.165) is 0 Å². The standard InChI is InChI=1S/C15H16FN3O4/c1-15(9-23-2,14(21)22)17-13(20)11-7-8-19(18-11)12-6-4-3-5-10(12)16/h3-8H,9H2,1-2H3,(H,17,20)(H,21,22). The van der Waals surface area contributed by atoms with Crippen molar-refractivity contribution in [3.05, 3.63) is 48.0 Å². The third-order valence-corrected chi connectivity index (χ3v) is 3.22. The predicted octanol–water partition coefficient (Wildman–Crippen LogP) is 1.23. The van der Waals surface area contributed by atoms with Gasteiger partial charge in [-0.15, -0.1) is 0 Å². The third kappa shape index (κ3) is 3.54. The topological polar surface area (TPSA) is 93.5 Å². The van der Waals surface area contributed by atoms with Crippen LogP contribution in [0, 0.1) is 5.82 Å². The van der Waals surface area contributed by atoms with Crippen molar-refractivity contribution >= 4 is 11.9 Å². The van der Waals surface area contributed by atoms with Gasteiger partial charge in [-0.25, -0.2) is 13.9 Å². The first-order valence-corrected chi connectivity index (χ1v) is 6.73. The number of carboxylic acids is 1. The van der Waals surface area contributed by atoms with Crippen LogP contribution in [0.25, 0.3) is 5.69 Å². The molecule has 0 aliphatic heterocycles. The molecule has 1 heterocycles. The van der Waals surface area contributed by atoms with E-state index in [-0.39, 0.29) is 18.0 Å². The van der Waals surface area contributed by atoms with Gasteiger partial charge in [-0.1, -0.05) is 12.1 Å². The van der Waals surface area contributed by atoms with Gasteiger partial charge in [0.1, 0.15) is 11.5 Å². The molecule has 0 fully saturated rings. The minimum Gasteiger partial charge on any atom is -0.479 e. The van der Waals surface area contributed by atoms with E-state index in [4.69, 9.17) is 4.74 Å². The lowest BCUT2D eigenvalue weighted by Crippen LogP contribution is -2.55. The van der Waals surface area contributed by atoms with Crippen molar-refractivity contribution in [1.82, 2.24) is 15.1 Å². The molecular weight excluding hydrogens is 305 g/mol. The number of para-hydroxylation sites is 1. The number of carboxylic acid groups (broad SMARTS) is 1. The summed E-state index contributed by atoms with van der Waals surface area (Å²) in [6.07, 6.45) is 1.42. The molecule has 2 aromatic rings. The average molecular weight is 321 g/mol. The number of methoxy groups -OCH3 is 1. The summed E-state index contributed by atoms with van der Waals surface area (Å²) in [5, 5.41) is 15.5. The van der Waals surface area contributed by atoms with Crippen LogP contribution in [0.1, 0.15) is 17.4 Å². The van der Waals surface area contributed by atoms with Crippen molar-refractivity contribution in [1.29, 1.82) is 0 Å². The maximum absolute atomic E-state index is 13.7. The summed E-state index contributed by atoms with van der Waals surface area (Å²) in [5.41, 5.74) is -1.44. The van der Waals surface area contributed by atoms with Crippen molar-refractivity contribution in [3.8, 4) is 5.69 Å². The minimum atomic E-state index is -1.59. The molecular formula is C15H16FN3O4. The van der Waals surface area contributed by atoms with Gasteiger partial charge < -0.3 is 15.2 Å². The predicted molar refractivity (Wildman–Crippen MR) is 78.9 cm³/mol. The van der Waals surface area contributed by atoms with Crippen LogP contribution in [0.3, 0.4) is 0 Å². The Hall–Kier alpha value is -2.74. The Kier molecular flexibility index (Phi) is 4.75. The highest BCUT2D eigenvalue weighted by Crippen LogP contribution is 2.13. The maximum atomic E-state index is 13.7. The summed E-state index contributed by atoms with van der Waals surface area (Å²) in [6, 6.07) is 7.34. The monoisotopic (exact) mass is 321 g/mol. The second-order valence-electron chi connectivity index (χ2n) is 5.12. The van der Waals surface area contributed by atoms with E-state index < -0.39 is 23.2 Å². The van der Waals surface area contributed by atoms with Crippen LogP contribution >= 0.6 is 0 Å². The normalized spacial score (nSPS) is 13.3. The molecule has 0 bridgehead atoms. The molecule has 8 heteroatoms. The lowest BCUT2D eigenvalue weighted by Gasteiger charge is -2.24. The Balaban J connectivity index is 2.22. The van der Waals surface area contributed by atoms with Crippen molar-refractivity contribution in [3.63, 3.8) is 0 Å². The van der Waals surface area contributed by atoms with Crippen LogP contribution in [0.15, 0.2) is 36.5 Å². The molecule has 0 saturated carbocycles. The number of hydrogen-bond donors (Lipinski definition) is 2. The zero-order valence-corrected chi connectivity index (χ0v) is 12.6. The number of carbonyl (C=O) groups is 2. The van der Waals surface area contributed by atoms with Gasteiger partial charge in [0.25, 0.3) is 5.91 Å². The lowest BCUT2D eigenvalue weighted by molar-refractivity contribution is -0.145. The Morgan fingerprint density at radius 3 is 2.70 bits per heavy atom. The molecule has 2 rings (SSSR count). The molecule has 0 radical (unpaired) electrons. The zero-order valence-electron chi connectivity index (χ0n) is 12.6. The van der Waals surface area contributed by atoms with Crippen molar-refractivity contribution < 1.29 is 23.8 Å². The van der Waals surface area contributed by atoms with Gasteiger partial charge in [0, 0.05) is 13.3 Å². The molecule has 0 saturated heterocycles. The number of amides is 1. The van der Waals surface area contributed by atoms with Gasteiger partial charge in [0.2, 0.25) is 0 Å². The van der Waals surface area contributed by atoms with Crippen molar-refractivity contribution in [2.45, 2.75) is 12.5 Å². The summed E-state index contributed by atoms with van der Waals surface area (Å²) in [5.74, 6) is -2.42. The number of aromatic nitrogens is 2. The molecule has 1 unspecified atom stereocenters. The molecule has 1 atom stereocenters. The van der Waals surface area contributed by atoms with E-state index in [1.54, 1.807) is 12.1 Å². The van der Waals surface area contributed by atoms with Gasteiger partial charge in [0.15, 0.2) is 11.2 Å². The summed E-state index contributed by atoms with van der Waals surface area (Å²) in [6.45, 7) is 1.12. The van der Waals surface area contributed by atoms with Crippen LogP contribution in [-0.2, 0) is 9.53 Å². The number of ether oxygens (including phenoxy) is 1. The second-order valence-corrected chi connectivity index (χ2v) is 5.12. The highest BCUT2D eigenvalue weighted by molar-refractivity contribution is 5.96. The number of hydrogen-bond acceptors (Lipinski definition) is 4. The second kappa shape index (κ2) is 6.57. The van der Waals surface area contributed by atoms with Crippen molar-refractivity contribution in [2.75, 3.05) is 13.7 Å². The van der Waals surface area contributed by atoms with E-state index in [0.29, 0.717) is 0 Å². The fraction of sp³-hybridized carbons (Fsp3) is 0.267. The first kappa shape index (κ1) is 16.6. The Labute approximate surface area is 131 Å². The van der Waals surface area contributed by atoms with E-state index in [1.807, 2.05) is 0 Å². The van der Waals surface area contributed by atoms with Gasteiger partial charge in [-0.3, -0.25) is 4.79 Å². The first-order valence-electron chi connectivity index (χ1n) is 6.73. The smallest absolute Gasteiger partial charge is 0.331 e. The van der Waals surface area contributed by atoms with Gasteiger partial charge in [-0.05, 0) is 25.1 Å². The lowest BCUT2D eigenvalue weighted by atomic mass is 10.0. The average Bonchev–Trinajstić information content (AvgIpc) is 2.97. The fourth-order valence-corrected chi connectivity index (χ4v) is 1.97. The van der Waals surface area contributed by atoms with Crippen LogP contribution < -0.4 is 5.32 Å². The van der Waals surface area contributed by atoms with Crippen LogP contribution in [0.4, 0.5) is 4.39 Å². The summed E-state index contributed by atoms with van der Waals surface area (Å²) >= 11 is 0. The zero-order chi connectivity index (χ0) is 17.0. The van der Waals surface area contributed by atoms with Gasteiger partial charge in [0.05, 0.1) is 6.61 Å². The third-order valence-electron chi connectivity index (χ3n) is 3.22. The molecule has 1 aromatic heterocycles. The van der Waals surface area contributed by atoms with Gasteiger partial charge >= 0.3 is 5.97 Å². The Bertz CT molecular complexity index is 731. The molecule has 0 spiro atoms. The quantitative estimate of drug-likeness (QED) is 0.835. The molecule has 122 valence electrons. The minimum absolute atomic E-state index is 0.0307. The molecule has 7 nitrogen and oxygen atoms in total.